The third-order valence-corrected chi connectivity index (χ3v) is 3.85. The first-order chi connectivity index (χ1) is 9.05. The quantitative estimate of drug-likeness (QED) is 0.883. The molecule has 1 fully saturated rings. The Bertz CT molecular complexity index is 527. The molecule has 1 saturated carbocycles. The summed E-state index contributed by atoms with van der Waals surface area (Å²) in [5, 5.41) is 11.6. The molecule has 0 spiro atoms. The van der Waals surface area contributed by atoms with Crippen LogP contribution in [0.2, 0.25) is 0 Å². The molecule has 0 saturated heterocycles. The Balaban J connectivity index is 2.13. The molecule has 0 bridgehead atoms. The number of hydrogen-bond donors (Lipinski definition) is 1. The normalized spacial score (nSPS) is 17.5. The van der Waals surface area contributed by atoms with E-state index in [1.807, 2.05) is 6.92 Å². The molecular weight excluding hydrogens is 243 g/mol. The first kappa shape index (κ1) is 13.5. The third-order valence-electron chi connectivity index (χ3n) is 3.85. The van der Waals surface area contributed by atoms with Crippen molar-refractivity contribution in [2.75, 3.05) is 5.32 Å². The van der Waals surface area contributed by atoms with Crippen molar-refractivity contribution in [3.05, 3.63) is 29.6 Å². The van der Waals surface area contributed by atoms with Crippen molar-refractivity contribution in [2.24, 2.45) is 5.41 Å². The summed E-state index contributed by atoms with van der Waals surface area (Å²) in [5.74, 6) is -0.605. The molecule has 0 atom stereocenters. The Morgan fingerprint density at radius 3 is 2.68 bits per heavy atom. The number of nitrogens with one attached hydrogen (secondary N) is 1. The van der Waals surface area contributed by atoms with E-state index in [1.165, 1.54) is 24.6 Å². The van der Waals surface area contributed by atoms with Crippen LogP contribution < -0.4 is 5.32 Å². The van der Waals surface area contributed by atoms with Crippen molar-refractivity contribution in [1.29, 1.82) is 5.26 Å². The van der Waals surface area contributed by atoms with Gasteiger partial charge in [0.05, 0.1) is 5.56 Å². The SMILES string of the molecule is CC1(C(=O)Nc2ccc(F)c(C#N)c2)CCCCC1. The molecule has 1 aromatic rings. The van der Waals surface area contributed by atoms with Crippen molar-refractivity contribution >= 4 is 11.6 Å². The highest BCUT2D eigenvalue weighted by atomic mass is 19.1. The molecule has 1 aliphatic carbocycles. The van der Waals surface area contributed by atoms with Crippen LogP contribution >= 0.6 is 0 Å². The van der Waals surface area contributed by atoms with Gasteiger partial charge in [-0.2, -0.15) is 5.26 Å². The highest BCUT2D eigenvalue weighted by Gasteiger charge is 2.34. The molecule has 2 rings (SSSR count). The molecule has 3 nitrogen and oxygen atoms in total. The average Bonchev–Trinajstić information content (AvgIpc) is 2.41. The Morgan fingerprint density at radius 2 is 2.05 bits per heavy atom. The van der Waals surface area contributed by atoms with E-state index >= 15 is 0 Å². The molecule has 4 heteroatoms. The first-order valence-corrected chi connectivity index (χ1v) is 6.56. The Kier molecular flexibility index (Phi) is 3.84. The number of nitriles is 1. The van der Waals surface area contributed by atoms with Gasteiger partial charge in [0.15, 0.2) is 0 Å². The van der Waals surface area contributed by atoms with Gasteiger partial charge >= 0.3 is 0 Å². The molecule has 0 heterocycles. The largest absolute Gasteiger partial charge is 0.326 e. The Morgan fingerprint density at radius 1 is 1.37 bits per heavy atom. The summed E-state index contributed by atoms with van der Waals surface area (Å²) in [5.41, 5.74) is 0.0840. The van der Waals surface area contributed by atoms with E-state index in [-0.39, 0.29) is 16.9 Å². The summed E-state index contributed by atoms with van der Waals surface area (Å²) in [6.07, 6.45) is 5.07. The minimum absolute atomic E-state index is 0.0392. The maximum absolute atomic E-state index is 13.2. The first-order valence-electron chi connectivity index (χ1n) is 6.56. The van der Waals surface area contributed by atoms with Gasteiger partial charge in [0, 0.05) is 11.1 Å². The van der Waals surface area contributed by atoms with Crippen LogP contribution in [0.25, 0.3) is 0 Å². The number of nitrogens with zero attached hydrogens (tertiary/aromatic N) is 1. The molecule has 100 valence electrons. The van der Waals surface area contributed by atoms with Crippen LogP contribution in [0.1, 0.15) is 44.6 Å². The third kappa shape index (κ3) is 2.93. The van der Waals surface area contributed by atoms with Crippen molar-refractivity contribution in [1.82, 2.24) is 0 Å². The van der Waals surface area contributed by atoms with Crippen LogP contribution in [0.4, 0.5) is 10.1 Å². The van der Waals surface area contributed by atoms with Gasteiger partial charge in [-0.15, -0.1) is 0 Å². The predicted octanol–water partition coefficient (Wildman–Crippen LogP) is 3.61. The van der Waals surface area contributed by atoms with E-state index in [0.717, 1.165) is 25.7 Å². The van der Waals surface area contributed by atoms with Crippen LogP contribution in [0.5, 0.6) is 0 Å². The molecule has 0 aromatic heterocycles. The Labute approximate surface area is 112 Å². The predicted molar refractivity (Wildman–Crippen MR) is 70.9 cm³/mol. The van der Waals surface area contributed by atoms with Crippen molar-refractivity contribution < 1.29 is 9.18 Å². The second-order valence-corrected chi connectivity index (χ2v) is 5.38. The molecule has 1 N–H and O–H groups in total. The fraction of sp³-hybridized carbons (Fsp3) is 0.467. The van der Waals surface area contributed by atoms with Gasteiger partial charge in [-0.25, -0.2) is 4.39 Å². The van der Waals surface area contributed by atoms with E-state index in [2.05, 4.69) is 5.32 Å². The fourth-order valence-electron chi connectivity index (χ4n) is 2.53. The van der Waals surface area contributed by atoms with E-state index in [9.17, 15) is 9.18 Å². The van der Waals surface area contributed by atoms with Crippen LogP contribution in [0.3, 0.4) is 0 Å². The molecule has 0 radical (unpaired) electrons. The number of halogens is 1. The lowest BCUT2D eigenvalue weighted by Gasteiger charge is -2.32. The molecule has 0 aliphatic heterocycles. The summed E-state index contributed by atoms with van der Waals surface area (Å²) in [6, 6.07) is 5.84. The molecule has 0 unspecified atom stereocenters. The number of benzene rings is 1. The van der Waals surface area contributed by atoms with E-state index in [0.29, 0.717) is 5.69 Å². The highest BCUT2D eigenvalue weighted by Crippen LogP contribution is 2.36. The molecular formula is C15H17FN2O. The van der Waals surface area contributed by atoms with E-state index < -0.39 is 5.82 Å². The summed E-state index contributed by atoms with van der Waals surface area (Å²) < 4.78 is 13.2. The van der Waals surface area contributed by atoms with Gasteiger partial charge in [-0.3, -0.25) is 4.79 Å². The van der Waals surface area contributed by atoms with Crippen molar-refractivity contribution in [3.8, 4) is 6.07 Å². The standard InChI is InChI=1S/C15H17FN2O/c1-15(7-3-2-4-8-15)14(19)18-12-5-6-13(16)11(9-12)10-17/h5-6,9H,2-4,7-8H2,1H3,(H,18,19). The minimum Gasteiger partial charge on any atom is -0.326 e. The van der Waals surface area contributed by atoms with E-state index in [4.69, 9.17) is 5.26 Å². The number of anilines is 1. The number of amides is 1. The maximum Gasteiger partial charge on any atom is 0.230 e. The van der Waals surface area contributed by atoms with E-state index in [1.54, 1.807) is 6.07 Å². The smallest absolute Gasteiger partial charge is 0.230 e. The maximum atomic E-state index is 13.2. The Hall–Kier alpha value is -1.89. The molecule has 19 heavy (non-hydrogen) atoms. The summed E-state index contributed by atoms with van der Waals surface area (Å²) in [4.78, 5) is 12.3. The summed E-state index contributed by atoms with van der Waals surface area (Å²) in [7, 11) is 0. The van der Waals surface area contributed by atoms with Crippen LogP contribution in [-0.2, 0) is 4.79 Å². The van der Waals surface area contributed by atoms with Gasteiger partial charge in [0.25, 0.3) is 0 Å². The molecule has 1 aromatic carbocycles. The van der Waals surface area contributed by atoms with Gasteiger partial charge in [-0.1, -0.05) is 26.2 Å². The summed E-state index contributed by atoms with van der Waals surface area (Å²) >= 11 is 0. The zero-order valence-electron chi connectivity index (χ0n) is 11.0. The van der Waals surface area contributed by atoms with Crippen molar-refractivity contribution in [3.63, 3.8) is 0 Å². The zero-order valence-corrected chi connectivity index (χ0v) is 11.0. The highest BCUT2D eigenvalue weighted by molar-refractivity contribution is 5.95. The second kappa shape index (κ2) is 5.40. The van der Waals surface area contributed by atoms with Gasteiger partial charge in [0.1, 0.15) is 11.9 Å². The lowest BCUT2D eigenvalue weighted by atomic mass is 9.75. The van der Waals surface area contributed by atoms with Gasteiger partial charge in [0.2, 0.25) is 5.91 Å². The minimum atomic E-state index is -0.565. The van der Waals surface area contributed by atoms with Crippen molar-refractivity contribution in [2.45, 2.75) is 39.0 Å². The number of carbonyl (C=O) groups excluding carboxylic acids is 1. The van der Waals surface area contributed by atoms with Gasteiger partial charge in [-0.05, 0) is 31.0 Å². The summed E-state index contributed by atoms with van der Waals surface area (Å²) in [6.45, 7) is 1.97. The fourth-order valence-corrected chi connectivity index (χ4v) is 2.53. The van der Waals surface area contributed by atoms with Crippen LogP contribution in [-0.4, -0.2) is 5.91 Å². The number of hydrogen-bond acceptors (Lipinski definition) is 2. The molecule has 1 amide bonds. The number of carbonyl (C=O) groups is 1. The lowest BCUT2D eigenvalue weighted by Crippen LogP contribution is -2.35. The topological polar surface area (TPSA) is 52.9 Å². The second-order valence-electron chi connectivity index (χ2n) is 5.38. The van der Waals surface area contributed by atoms with Crippen LogP contribution in [0.15, 0.2) is 18.2 Å². The van der Waals surface area contributed by atoms with Gasteiger partial charge < -0.3 is 5.32 Å². The zero-order chi connectivity index (χ0) is 13.9. The average molecular weight is 260 g/mol. The van der Waals surface area contributed by atoms with Crippen LogP contribution in [0, 0.1) is 22.6 Å². The molecule has 1 aliphatic rings. The number of rotatable bonds is 2. The monoisotopic (exact) mass is 260 g/mol. The lowest BCUT2D eigenvalue weighted by molar-refractivity contribution is -0.126.